The second-order valence-corrected chi connectivity index (χ2v) is 6.66. The number of carbonyl (C=O) groups is 1. The third-order valence-electron chi connectivity index (χ3n) is 4.01. The highest BCUT2D eigenvalue weighted by Gasteiger charge is 2.22. The van der Waals surface area contributed by atoms with E-state index in [4.69, 9.17) is 0 Å². The number of fused-ring (bicyclic) bond motifs is 1. The molecule has 0 saturated carbocycles. The van der Waals surface area contributed by atoms with Crippen LogP contribution in [0, 0.1) is 5.92 Å². The summed E-state index contributed by atoms with van der Waals surface area (Å²) in [5.41, 5.74) is 2.55. The number of halogens is 1. The van der Waals surface area contributed by atoms with E-state index in [9.17, 15) is 4.79 Å². The van der Waals surface area contributed by atoms with Crippen molar-refractivity contribution in [3.8, 4) is 0 Å². The Morgan fingerprint density at radius 3 is 2.40 bits per heavy atom. The Kier molecular flexibility index (Phi) is 9.85. The van der Waals surface area contributed by atoms with Crippen molar-refractivity contribution < 1.29 is 4.79 Å². The van der Waals surface area contributed by atoms with E-state index in [1.807, 2.05) is 17.0 Å². The Bertz CT molecular complexity index is 549. The van der Waals surface area contributed by atoms with Crippen molar-refractivity contribution in [2.24, 2.45) is 10.9 Å². The van der Waals surface area contributed by atoms with Crippen LogP contribution in [0.3, 0.4) is 0 Å². The van der Waals surface area contributed by atoms with E-state index in [1.165, 1.54) is 11.1 Å². The molecule has 1 aromatic rings. The van der Waals surface area contributed by atoms with Crippen molar-refractivity contribution in [2.75, 3.05) is 19.6 Å². The van der Waals surface area contributed by atoms with Gasteiger partial charge in [0.1, 0.15) is 0 Å². The number of hydrogen-bond donors (Lipinski definition) is 2. The number of carbonyl (C=O) groups excluding carboxylic acids is 1. The van der Waals surface area contributed by atoms with Gasteiger partial charge in [-0.2, -0.15) is 0 Å². The fourth-order valence-electron chi connectivity index (χ4n) is 2.73. The van der Waals surface area contributed by atoms with Gasteiger partial charge in [-0.25, -0.2) is 0 Å². The summed E-state index contributed by atoms with van der Waals surface area (Å²) in [6.45, 7) is 10.3. The molecule has 0 saturated heterocycles. The first-order chi connectivity index (χ1) is 11.6. The van der Waals surface area contributed by atoms with Crippen LogP contribution in [0.15, 0.2) is 29.3 Å². The molecule has 0 aliphatic carbocycles. The molecule has 1 aliphatic rings. The summed E-state index contributed by atoms with van der Waals surface area (Å²) < 4.78 is 0. The Morgan fingerprint density at radius 2 is 1.84 bits per heavy atom. The molecule has 0 fully saturated rings. The quantitative estimate of drug-likeness (QED) is 0.286. The molecule has 0 aromatic heterocycles. The van der Waals surface area contributed by atoms with E-state index in [2.05, 4.69) is 48.5 Å². The van der Waals surface area contributed by atoms with Crippen LogP contribution < -0.4 is 10.6 Å². The van der Waals surface area contributed by atoms with Gasteiger partial charge in [-0.15, -0.1) is 24.0 Å². The third kappa shape index (κ3) is 7.22. The Hall–Kier alpha value is -1.31. The predicted molar refractivity (Wildman–Crippen MR) is 114 cm³/mol. The first-order valence-corrected chi connectivity index (χ1v) is 8.97. The average Bonchev–Trinajstić information content (AvgIpc) is 3.00. The molecule has 0 spiro atoms. The molecule has 0 unspecified atom stereocenters. The standard InChI is InChI=1S/C19H30N4O.HI/c1-4-20-19(22-12-15(2)3)21-11-7-10-18(24)23-13-16-8-5-6-9-17(16)14-23;/h5-6,8-9,15H,4,7,10-14H2,1-3H3,(H2,20,21,22);1H. The van der Waals surface area contributed by atoms with Gasteiger partial charge < -0.3 is 15.5 Å². The second kappa shape index (κ2) is 11.3. The van der Waals surface area contributed by atoms with Crippen molar-refractivity contribution in [2.45, 2.75) is 46.7 Å². The highest BCUT2D eigenvalue weighted by Crippen LogP contribution is 2.22. The highest BCUT2D eigenvalue weighted by molar-refractivity contribution is 14.0. The molecule has 0 bridgehead atoms. The lowest BCUT2D eigenvalue weighted by molar-refractivity contribution is -0.131. The zero-order chi connectivity index (χ0) is 17.4. The van der Waals surface area contributed by atoms with E-state index in [0.29, 0.717) is 12.3 Å². The zero-order valence-corrected chi connectivity index (χ0v) is 17.9. The summed E-state index contributed by atoms with van der Waals surface area (Å²) in [5, 5.41) is 6.54. The minimum absolute atomic E-state index is 0. The summed E-state index contributed by atoms with van der Waals surface area (Å²) in [4.78, 5) is 18.8. The summed E-state index contributed by atoms with van der Waals surface area (Å²) in [6, 6.07) is 8.29. The number of nitrogens with one attached hydrogen (secondary N) is 2. The van der Waals surface area contributed by atoms with Gasteiger partial charge in [-0.05, 0) is 30.4 Å². The fraction of sp³-hybridized carbons (Fsp3) is 0.579. The number of guanidine groups is 1. The molecule has 1 heterocycles. The first kappa shape index (κ1) is 21.7. The SMILES string of the molecule is CCNC(=NCC(C)C)NCCCC(=O)N1Cc2ccccc2C1.I. The van der Waals surface area contributed by atoms with Crippen LogP contribution in [0.2, 0.25) is 0 Å². The number of amides is 1. The van der Waals surface area contributed by atoms with E-state index in [-0.39, 0.29) is 29.9 Å². The van der Waals surface area contributed by atoms with Gasteiger partial charge in [-0.1, -0.05) is 38.1 Å². The predicted octanol–water partition coefficient (Wildman–Crippen LogP) is 3.14. The molecule has 25 heavy (non-hydrogen) atoms. The van der Waals surface area contributed by atoms with Crippen molar-refractivity contribution in [3.05, 3.63) is 35.4 Å². The van der Waals surface area contributed by atoms with Crippen LogP contribution in [0.1, 0.15) is 44.7 Å². The molecular formula is C19H31IN4O. The van der Waals surface area contributed by atoms with E-state index >= 15 is 0 Å². The topological polar surface area (TPSA) is 56.7 Å². The van der Waals surface area contributed by atoms with Crippen molar-refractivity contribution >= 4 is 35.8 Å². The molecule has 1 aliphatic heterocycles. The van der Waals surface area contributed by atoms with Crippen molar-refractivity contribution in [1.29, 1.82) is 0 Å². The normalized spacial score (nSPS) is 13.4. The van der Waals surface area contributed by atoms with Crippen molar-refractivity contribution in [1.82, 2.24) is 15.5 Å². The van der Waals surface area contributed by atoms with Crippen LogP contribution in [-0.4, -0.2) is 36.4 Å². The van der Waals surface area contributed by atoms with Gasteiger partial charge in [0, 0.05) is 39.1 Å². The lowest BCUT2D eigenvalue weighted by Gasteiger charge is -2.16. The lowest BCUT2D eigenvalue weighted by atomic mass is 10.1. The third-order valence-corrected chi connectivity index (χ3v) is 4.01. The van der Waals surface area contributed by atoms with Crippen LogP contribution in [0.25, 0.3) is 0 Å². The smallest absolute Gasteiger partial charge is 0.223 e. The number of rotatable bonds is 7. The molecule has 0 atom stereocenters. The molecule has 5 nitrogen and oxygen atoms in total. The zero-order valence-electron chi connectivity index (χ0n) is 15.5. The number of hydrogen-bond acceptors (Lipinski definition) is 2. The van der Waals surface area contributed by atoms with Crippen LogP contribution in [0.4, 0.5) is 0 Å². The summed E-state index contributed by atoms with van der Waals surface area (Å²) in [6.07, 6.45) is 1.39. The Morgan fingerprint density at radius 1 is 1.20 bits per heavy atom. The molecule has 1 aromatic carbocycles. The molecule has 2 N–H and O–H groups in total. The number of nitrogens with zero attached hydrogens (tertiary/aromatic N) is 2. The van der Waals surface area contributed by atoms with Crippen LogP contribution in [0.5, 0.6) is 0 Å². The maximum Gasteiger partial charge on any atom is 0.223 e. The van der Waals surface area contributed by atoms with E-state index < -0.39 is 0 Å². The maximum absolute atomic E-state index is 12.4. The Labute approximate surface area is 168 Å². The monoisotopic (exact) mass is 458 g/mol. The summed E-state index contributed by atoms with van der Waals surface area (Å²) >= 11 is 0. The van der Waals surface area contributed by atoms with Gasteiger partial charge in [0.15, 0.2) is 5.96 Å². The lowest BCUT2D eigenvalue weighted by Crippen LogP contribution is -2.38. The minimum atomic E-state index is 0. The molecular weight excluding hydrogens is 427 g/mol. The summed E-state index contributed by atoms with van der Waals surface area (Å²) in [5.74, 6) is 1.61. The largest absolute Gasteiger partial charge is 0.357 e. The second-order valence-electron chi connectivity index (χ2n) is 6.66. The Balaban J connectivity index is 0.00000312. The van der Waals surface area contributed by atoms with E-state index in [0.717, 1.165) is 45.1 Å². The highest BCUT2D eigenvalue weighted by atomic mass is 127. The van der Waals surface area contributed by atoms with Gasteiger partial charge in [0.25, 0.3) is 0 Å². The van der Waals surface area contributed by atoms with E-state index in [1.54, 1.807) is 0 Å². The van der Waals surface area contributed by atoms with Gasteiger partial charge in [-0.3, -0.25) is 9.79 Å². The minimum Gasteiger partial charge on any atom is -0.357 e. The fourth-order valence-corrected chi connectivity index (χ4v) is 2.73. The summed E-state index contributed by atoms with van der Waals surface area (Å²) in [7, 11) is 0. The molecule has 2 rings (SSSR count). The average molecular weight is 458 g/mol. The molecule has 1 amide bonds. The van der Waals surface area contributed by atoms with Gasteiger partial charge in [0.2, 0.25) is 5.91 Å². The van der Waals surface area contributed by atoms with Crippen LogP contribution in [-0.2, 0) is 17.9 Å². The molecule has 0 radical (unpaired) electrons. The van der Waals surface area contributed by atoms with Gasteiger partial charge >= 0.3 is 0 Å². The molecule has 140 valence electrons. The number of benzene rings is 1. The van der Waals surface area contributed by atoms with Gasteiger partial charge in [0.05, 0.1) is 0 Å². The first-order valence-electron chi connectivity index (χ1n) is 8.97. The van der Waals surface area contributed by atoms with Crippen molar-refractivity contribution in [3.63, 3.8) is 0 Å². The maximum atomic E-state index is 12.4. The number of aliphatic imine (C=N–C) groups is 1. The molecule has 6 heteroatoms. The van der Waals surface area contributed by atoms with Crippen LogP contribution >= 0.6 is 24.0 Å².